The average molecular weight is 335 g/mol. The Bertz CT molecular complexity index is 1040. The number of nitrogens with zero attached hydrogens (tertiary/aromatic N) is 2. The number of fused-ring (bicyclic) bond motifs is 1. The van der Waals surface area contributed by atoms with E-state index in [1.807, 2.05) is 0 Å². The molecule has 0 atom stereocenters. The van der Waals surface area contributed by atoms with Crippen molar-refractivity contribution in [2.45, 2.75) is 0 Å². The van der Waals surface area contributed by atoms with Gasteiger partial charge in [0.1, 0.15) is 0 Å². The van der Waals surface area contributed by atoms with E-state index in [9.17, 15) is 19.5 Å². The molecule has 0 aliphatic heterocycles. The van der Waals surface area contributed by atoms with Gasteiger partial charge in [-0.3, -0.25) is 9.59 Å². The molecule has 0 aliphatic carbocycles. The molecule has 25 heavy (non-hydrogen) atoms. The van der Waals surface area contributed by atoms with Crippen molar-refractivity contribution in [2.24, 2.45) is 5.10 Å². The second-order valence-corrected chi connectivity index (χ2v) is 5.06. The molecule has 3 aromatic rings. The van der Waals surface area contributed by atoms with Crippen molar-refractivity contribution in [3.05, 3.63) is 75.7 Å². The number of hydrogen-bond acceptors (Lipinski definition) is 6. The van der Waals surface area contributed by atoms with Gasteiger partial charge in [0.15, 0.2) is 5.69 Å². The molecule has 2 aromatic carbocycles. The molecule has 8 nitrogen and oxygen atoms in total. The highest BCUT2D eigenvalue weighted by Gasteiger charge is 2.12. The number of hydrogen-bond donors (Lipinski definition) is 2. The zero-order chi connectivity index (χ0) is 17.8. The van der Waals surface area contributed by atoms with Crippen molar-refractivity contribution < 1.29 is 14.7 Å². The molecular formula is C17H11N4O4-. The molecule has 3 rings (SSSR count). The minimum atomic E-state index is -1.27. The Morgan fingerprint density at radius 3 is 2.44 bits per heavy atom. The van der Waals surface area contributed by atoms with Crippen LogP contribution in [-0.2, 0) is 0 Å². The van der Waals surface area contributed by atoms with Gasteiger partial charge in [-0.25, -0.2) is 10.5 Å². The standard InChI is InChI=1S/C17H12N4O4/c22-15-13-4-2-1-3-12(13)14(19-21-15)16(23)20-18-9-10-5-7-11(8-6-10)17(24)25/h1-9H,(H,20,23)(H,21,22)(H,24,25)/p-1/b18-9-. The predicted molar refractivity (Wildman–Crippen MR) is 88.2 cm³/mol. The third-order valence-corrected chi connectivity index (χ3v) is 3.44. The number of aromatic carboxylic acids is 1. The lowest BCUT2D eigenvalue weighted by Gasteiger charge is -2.03. The Morgan fingerprint density at radius 2 is 1.76 bits per heavy atom. The summed E-state index contributed by atoms with van der Waals surface area (Å²) in [6, 6.07) is 12.4. The minimum Gasteiger partial charge on any atom is -0.545 e. The van der Waals surface area contributed by atoms with Crippen LogP contribution in [0.25, 0.3) is 10.8 Å². The topological polar surface area (TPSA) is 127 Å². The van der Waals surface area contributed by atoms with E-state index in [-0.39, 0.29) is 16.8 Å². The van der Waals surface area contributed by atoms with Crippen LogP contribution in [0.5, 0.6) is 0 Å². The average Bonchev–Trinajstić information content (AvgIpc) is 2.62. The van der Waals surface area contributed by atoms with Gasteiger partial charge in [-0.2, -0.15) is 10.2 Å². The zero-order valence-electron chi connectivity index (χ0n) is 12.7. The number of H-pyrrole nitrogens is 1. The second-order valence-electron chi connectivity index (χ2n) is 5.06. The van der Waals surface area contributed by atoms with Crippen LogP contribution in [0.4, 0.5) is 0 Å². The second kappa shape index (κ2) is 6.75. The van der Waals surface area contributed by atoms with Crippen LogP contribution in [0.3, 0.4) is 0 Å². The lowest BCUT2D eigenvalue weighted by atomic mass is 10.1. The molecule has 1 aromatic heterocycles. The third kappa shape index (κ3) is 3.42. The van der Waals surface area contributed by atoms with Gasteiger partial charge in [-0.05, 0) is 17.2 Å². The highest BCUT2D eigenvalue weighted by molar-refractivity contribution is 6.04. The van der Waals surface area contributed by atoms with Gasteiger partial charge in [0, 0.05) is 5.39 Å². The van der Waals surface area contributed by atoms with Crippen LogP contribution in [0.15, 0.2) is 58.4 Å². The molecular weight excluding hydrogens is 324 g/mol. The third-order valence-electron chi connectivity index (χ3n) is 3.44. The Morgan fingerprint density at radius 1 is 1.08 bits per heavy atom. The Hall–Kier alpha value is -3.81. The van der Waals surface area contributed by atoms with Crippen molar-refractivity contribution >= 4 is 28.9 Å². The van der Waals surface area contributed by atoms with Crippen molar-refractivity contribution in [3.8, 4) is 0 Å². The Balaban J connectivity index is 1.78. The largest absolute Gasteiger partial charge is 0.545 e. The summed E-state index contributed by atoms with van der Waals surface area (Å²) in [5.41, 5.74) is 2.60. The van der Waals surface area contributed by atoms with Crippen LogP contribution in [0.2, 0.25) is 0 Å². The summed E-state index contributed by atoms with van der Waals surface area (Å²) in [6.45, 7) is 0. The van der Waals surface area contributed by atoms with E-state index in [2.05, 4.69) is 20.7 Å². The summed E-state index contributed by atoms with van der Waals surface area (Å²) >= 11 is 0. The summed E-state index contributed by atoms with van der Waals surface area (Å²) < 4.78 is 0. The van der Waals surface area contributed by atoms with E-state index in [0.717, 1.165) is 0 Å². The first-order valence-electron chi connectivity index (χ1n) is 7.18. The maximum atomic E-state index is 12.2. The van der Waals surface area contributed by atoms with Crippen molar-refractivity contribution in [3.63, 3.8) is 0 Å². The van der Waals surface area contributed by atoms with Crippen LogP contribution >= 0.6 is 0 Å². The summed E-state index contributed by atoms with van der Waals surface area (Å²) in [7, 11) is 0. The molecule has 8 heteroatoms. The Kier molecular flexibility index (Phi) is 4.34. The molecule has 0 bridgehead atoms. The van der Waals surface area contributed by atoms with E-state index >= 15 is 0 Å². The number of amides is 1. The molecule has 2 N–H and O–H groups in total. The first-order valence-corrected chi connectivity index (χ1v) is 7.18. The van der Waals surface area contributed by atoms with E-state index in [1.54, 1.807) is 24.3 Å². The molecule has 0 saturated carbocycles. The highest BCUT2D eigenvalue weighted by Crippen LogP contribution is 2.12. The van der Waals surface area contributed by atoms with Gasteiger partial charge in [0.05, 0.1) is 17.6 Å². The van der Waals surface area contributed by atoms with E-state index in [0.29, 0.717) is 16.3 Å². The lowest BCUT2D eigenvalue weighted by Crippen LogP contribution is -2.23. The number of benzene rings is 2. The van der Waals surface area contributed by atoms with Gasteiger partial charge in [0.25, 0.3) is 11.5 Å². The quantitative estimate of drug-likeness (QED) is 0.514. The molecule has 0 radical (unpaired) electrons. The van der Waals surface area contributed by atoms with Gasteiger partial charge < -0.3 is 9.90 Å². The molecule has 0 aliphatic rings. The first kappa shape index (κ1) is 16.1. The van der Waals surface area contributed by atoms with Crippen LogP contribution in [-0.4, -0.2) is 28.3 Å². The fourth-order valence-electron chi connectivity index (χ4n) is 2.21. The molecule has 124 valence electrons. The number of carboxylic acids is 1. The summed E-state index contributed by atoms with van der Waals surface area (Å²) in [4.78, 5) is 34.6. The van der Waals surface area contributed by atoms with E-state index in [4.69, 9.17) is 0 Å². The van der Waals surface area contributed by atoms with Crippen molar-refractivity contribution in [2.75, 3.05) is 0 Å². The molecule has 0 spiro atoms. The number of carboxylic acid groups (broad SMARTS) is 1. The van der Waals surface area contributed by atoms with Crippen molar-refractivity contribution in [1.29, 1.82) is 0 Å². The van der Waals surface area contributed by atoms with E-state index in [1.165, 1.54) is 30.5 Å². The molecule has 0 unspecified atom stereocenters. The first-order chi connectivity index (χ1) is 12.1. The predicted octanol–water partition coefficient (Wildman–Crippen LogP) is 0.0505. The Labute approximate surface area is 140 Å². The number of aromatic nitrogens is 2. The van der Waals surface area contributed by atoms with E-state index < -0.39 is 11.9 Å². The SMILES string of the molecule is O=C([O-])c1ccc(/C=N\NC(=O)c2n[nH]c(=O)c3ccccc23)cc1. The normalized spacial score (nSPS) is 10.9. The minimum absolute atomic E-state index is 0.0413. The molecule has 0 saturated heterocycles. The zero-order valence-corrected chi connectivity index (χ0v) is 12.7. The number of nitrogens with one attached hydrogen (secondary N) is 2. The number of rotatable bonds is 4. The van der Waals surface area contributed by atoms with Gasteiger partial charge in [0.2, 0.25) is 0 Å². The maximum Gasteiger partial charge on any atom is 0.292 e. The summed E-state index contributed by atoms with van der Waals surface area (Å²) in [6.07, 6.45) is 1.35. The van der Waals surface area contributed by atoms with Crippen molar-refractivity contribution in [1.82, 2.24) is 15.6 Å². The number of carbonyl (C=O) groups excluding carboxylic acids is 2. The fraction of sp³-hybridized carbons (Fsp3) is 0. The highest BCUT2D eigenvalue weighted by atomic mass is 16.4. The molecule has 0 fully saturated rings. The van der Waals surface area contributed by atoms with Gasteiger partial charge in [-0.1, -0.05) is 42.5 Å². The number of carbonyl (C=O) groups is 2. The smallest absolute Gasteiger partial charge is 0.292 e. The van der Waals surface area contributed by atoms with Gasteiger partial charge in [-0.15, -0.1) is 0 Å². The van der Waals surface area contributed by atoms with Gasteiger partial charge >= 0.3 is 0 Å². The maximum absolute atomic E-state index is 12.2. The molecule has 1 amide bonds. The summed E-state index contributed by atoms with van der Waals surface area (Å²) in [5, 5.41) is 21.3. The number of aromatic amines is 1. The van der Waals surface area contributed by atoms with Crippen LogP contribution < -0.4 is 16.1 Å². The fourth-order valence-corrected chi connectivity index (χ4v) is 2.21. The lowest BCUT2D eigenvalue weighted by molar-refractivity contribution is -0.255. The van der Waals surface area contributed by atoms with Crippen LogP contribution in [0, 0.1) is 0 Å². The number of hydrazone groups is 1. The molecule has 1 heterocycles. The monoisotopic (exact) mass is 335 g/mol. The summed E-state index contributed by atoms with van der Waals surface area (Å²) in [5.74, 6) is -1.86. The van der Waals surface area contributed by atoms with Crippen LogP contribution in [0.1, 0.15) is 26.4 Å².